The molecule has 126 valence electrons. The third-order valence-electron chi connectivity index (χ3n) is 4.49. The standard InChI is InChI=1S/C19H25FO3/c1-11(2)12(3)19(23)18(14(5)22)17(13(4)21)10-15-6-8-16(20)9-7-15/h6-9,11-12,17-18H,10H2,1-5H3/t12-,17-,18?/m0/s1. The Labute approximate surface area is 137 Å². The van der Waals surface area contributed by atoms with Crippen LogP contribution in [0, 0.1) is 29.5 Å². The smallest absolute Gasteiger partial charge is 0.147 e. The first kappa shape index (κ1) is 19.2. The van der Waals surface area contributed by atoms with Crippen LogP contribution in [0.15, 0.2) is 24.3 Å². The van der Waals surface area contributed by atoms with Crippen LogP contribution in [0.2, 0.25) is 0 Å². The number of carbonyl (C=O) groups is 3. The number of rotatable bonds is 8. The molecule has 0 heterocycles. The van der Waals surface area contributed by atoms with Gasteiger partial charge in [0.1, 0.15) is 23.2 Å². The Morgan fingerprint density at radius 3 is 1.87 bits per heavy atom. The summed E-state index contributed by atoms with van der Waals surface area (Å²) in [7, 11) is 0. The molecule has 0 bridgehead atoms. The minimum atomic E-state index is -0.935. The van der Waals surface area contributed by atoms with Crippen LogP contribution in [0.3, 0.4) is 0 Å². The van der Waals surface area contributed by atoms with Crippen molar-refractivity contribution in [3.63, 3.8) is 0 Å². The van der Waals surface area contributed by atoms with E-state index in [-0.39, 0.29) is 41.4 Å². The second-order valence-electron chi connectivity index (χ2n) is 6.57. The van der Waals surface area contributed by atoms with E-state index < -0.39 is 11.8 Å². The fraction of sp³-hybridized carbons (Fsp3) is 0.526. The van der Waals surface area contributed by atoms with E-state index in [0.29, 0.717) is 0 Å². The second kappa shape index (κ2) is 8.14. The van der Waals surface area contributed by atoms with Crippen molar-refractivity contribution in [1.82, 2.24) is 0 Å². The molecule has 0 saturated heterocycles. The Balaban J connectivity index is 3.12. The molecule has 1 unspecified atom stereocenters. The first-order valence-electron chi connectivity index (χ1n) is 7.94. The van der Waals surface area contributed by atoms with Crippen LogP contribution >= 0.6 is 0 Å². The van der Waals surface area contributed by atoms with Gasteiger partial charge in [0, 0.05) is 11.8 Å². The van der Waals surface area contributed by atoms with E-state index in [9.17, 15) is 18.8 Å². The quantitative estimate of drug-likeness (QED) is 0.687. The molecule has 0 aliphatic carbocycles. The summed E-state index contributed by atoms with van der Waals surface area (Å²) in [6, 6.07) is 5.79. The molecule has 0 saturated carbocycles. The molecule has 0 radical (unpaired) electrons. The first-order chi connectivity index (χ1) is 10.6. The summed E-state index contributed by atoms with van der Waals surface area (Å²) >= 11 is 0. The lowest BCUT2D eigenvalue weighted by molar-refractivity contribution is -0.141. The van der Waals surface area contributed by atoms with Gasteiger partial charge in [-0.1, -0.05) is 32.9 Å². The number of Topliss-reactive ketones (excluding diaryl/α,β-unsaturated/α-hetero) is 3. The van der Waals surface area contributed by atoms with E-state index in [1.54, 1.807) is 19.1 Å². The normalized spacial score (nSPS) is 15.1. The second-order valence-corrected chi connectivity index (χ2v) is 6.57. The maximum atomic E-state index is 13.0. The summed E-state index contributed by atoms with van der Waals surface area (Å²) in [5.41, 5.74) is 0.739. The van der Waals surface area contributed by atoms with Crippen molar-refractivity contribution in [1.29, 1.82) is 0 Å². The molecule has 0 aliphatic heterocycles. The van der Waals surface area contributed by atoms with Gasteiger partial charge in [0.2, 0.25) is 0 Å². The van der Waals surface area contributed by atoms with Gasteiger partial charge < -0.3 is 0 Å². The molecule has 4 heteroatoms. The van der Waals surface area contributed by atoms with Gasteiger partial charge in [-0.15, -0.1) is 0 Å². The lowest BCUT2D eigenvalue weighted by atomic mass is 9.74. The fourth-order valence-corrected chi connectivity index (χ4v) is 2.66. The number of halogens is 1. The van der Waals surface area contributed by atoms with E-state index in [4.69, 9.17) is 0 Å². The van der Waals surface area contributed by atoms with Gasteiger partial charge in [0.05, 0.1) is 5.92 Å². The molecule has 1 aromatic rings. The van der Waals surface area contributed by atoms with Crippen molar-refractivity contribution in [2.24, 2.45) is 23.7 Å². The Bertz CT molecular complexity index is 575. The van der Waals surface area contributed by atoms with E-state index in [1.807, 2.05) is 13.8 Å². The van der Waals surface area contributed by atoms with Crippen molar-refractivity contribution in [2.45, 2.75) is 41.0 Å². The summed E-state index contributed by atoms with van der Waals surface area (Å²) in [5, 5.41) is 0. The van der Waals surface area contributed by atoms with Crippen molar-refractivity contribution in [3.05, 3.63) is 35.6 Å². The fourth-order valence-electron chi connectivity index (χ4n) is 2.66. The van der Waals surface area contributed by atoms with Crippen LogP contribution < -0.4 is 0 Å². The van der Waals surface area contributed by atoms with Crippen LogP contribution in [-0.2, 0) is 20.8 Å². The molecule has 3 nitrogen and oxygen atoms in total. The molecular weight excluding hydrogens is 295 g/mol. The number of benzene rings is 1. The monoisotopic (exact) mass is 320 g/mol. The Morgan fingerprint density at radius 1 is 0.957 bits per heavy atom. The Hall–Kier alpha value is -1.84. The largest absolute Gasteiger partial charge is 0.300 e. The minimum absolute atomic E-state index is 0.0998. The van der Waals surface area contributed by atoms with Crippen LogP contribution in [0.4, 0.5) is 4.39 Å². The van der Waals surface area contributed by atoms with Gasteiger partial charge in [-0.2, -0.15) is 0 Å². The SMILES string of the molecule is CC(=O)C(C(=O)[C@@H](C)C(C)C)[C@@H](Cc1ccc(F)cc1)C(C)=O. The zero-order valence-electron chi connectivity index (χ0n) is 14.4. The van der Waals surface area contributed by atoms with E-state index >= 15 is 0 Å². The number of hydrogen-bond acceptors (Lipinski definition) is 3. The predicted octanol–water partition coefficient (Wildman–Crippen LogP) is 3.64. The van der Waals surface area contributed by atoms with E-state index in [0.717, 1.165) is 5.56 Å². The van der Waals surface area contributed by atoms with Crippen molar-refractivity contribution < 1.29 is 18.8 Å². The van der Waals surface area contributed by atoms with Crippen LogP contribution in [-0.4, -0.2) is 17.3 Å². The third kappa shape index (κ3) is 5.08. The highest BCUT2D eigenvalue weighted by atomic mass is 19.1. The van der Waals surface area contributed by atoms with Crippen molar-refractivity contribution >= 4 is 17.3 Å². The minimum Gasteiger partial charge on any atom is -0.300 e. The number of ketones is 3. The molecule has 0 amide bonds. The molecule has 0 aliphatic rings. The molecule has 0 fully saturated rings. The zero-order valence-corrected chi connectivity index (χ0v) is 14.4. The molecule has 1 aromatic carbocycles. The summed E-state index contributed by atoms with van der Waals surface area (Å²) in [5.74, 6) is -2.86. The topological polar surface area (TPSA) is 51.2 Å². The Kier molecular flexibility index (Phi) is 6.79. The maximum absolute atomic E-state index is 13.0. The first-order valence-corrected chi connectivity index (χ1v) is 7.94. The summed E-state index contributed by atoms with van der Waals surface area (Å²) in [6.45, 7) is 8.39. The van der Waals surface area contributed by atoms with Crippen LogP contribution in [0.25, 0.3) is 0 Å². The lowest BCUT2D eigenvalue weighted by Gasteiger charge is -2.26. The molecule has 0 aromatic heterocycles. The molecule has 0 N–H and O–H groups in total. The summed E-state index contributed by atoms with van der Waals surface area (Å²) in [6.07, 6.45) is 0.260. The highest BCUT2D eigenvalue weighted by molar-refractivity contribution is 6.06. The Morgan fingerprint density at radius 2 is 1.48 bits per heavy atom. The van der Waals surface area contributed by atoms with Gasteiger partial charge in [-0.3, -0.25) is 14.4 Å². The van der Waals surface area contributed by atoms with Crippen molar-refractivity contribution in [2.75, 3.05) is 0 Å². The van der Waals surface area contributed by atoms with Crippen LogP contribution in [0.1, 0.15) is 40.2 Å². The zero-order chi connectivity index (χ0) is 17.7. The third-order valence-corrected chi connectivity index (χ3v) is 4.49. The van der Waals surface area contributed by atoms with Gasteiger partial charge in [0.25, 0.3) is 0 Å². The average molecular weight is 320 g/mol. The summed E-state index contributed by atoms with van der Waals surface area (Å²) < 4.78 is 13.0. The highest BCUT2D eigenvalue weighted by Gasteiger charge is 2.37. The van der Waals surface area contributed by atoms with Gasteiger partial charge >= 0.3 is 0 Å². The molecule has 0 spiro atoms. The summed E-state index contributed by atoms with van der Waals surface area (Å²) in [4.78, 5) is 36.8. The molecule has 1 rings (SSSR count). The average Bonchev–Trinajstić information content (AvgIpc) is 2.46. The molecular formula is C19H25FO3. The van der Waals surface area contributed by atoms with E-state index in [1.165, 1.54) is 26.0 Å². The predicted molar refractivity (Wildman–Crippen MR) is 87.5 cm³/mol. The maximum Gasteiger partial charge on any atom is 0.147 e. The van der Waals surface area contributed by atoms with Gasteiger partial charge in [0.15, 0.2) is 0 Å². The van der Waals surface area contributed by atoms with Crippen LogP contribution in [0.5, 0.6) is 0 Å². The number of carbonyl (C=O) groups excluding carboxylic acids is 3. The molecule has 23 heavy (non-hydrogen) atoms. The van der Waals surface area contributed by atoms with Gasteiger partial charge in [-0.25, -0.2) is 4.39 Å². The molecule has 3 atom stereocenters. The lowest BCUT2D eigenvalue weighted by Crippen LogP contribution is -2.39. The number of hydrogen-bond donors (Lipinski definition) is 0. The van der Waals surface area contributed by atoms with Gasteiger partial charge in [-0.05, 0) is 43.9 Å². The highest BCUT2D eigenvalue weighted by Crippen LogP contribution is 2.26. The van der Waals surface area contributed by atoms with E-state index in [2.05, 4.69) is 0 Å². The van der Waals surface area contributed by atoms with Crippen molar-refractivity contribution in [3.8, 4) is 0 Å².